The number of rotatable bonds is 4. The van der Waals surface area contributed by atoms with E-state index in [0.29, 0.717) is 5.56 Å². The van der Waals surface area contributed by atoms with Gasteiger partial charge < -0.3 is 5.32 Å². The van der Waals surface area contributed by atoms with Gasteiger partial charge in [0.2, 0.25) is 0 Å². The average Bonchev–Trinajstić information content (AvgIpc) is 2.64. The van der Waals surface area contributed by atoms with Crippen LogP contribution >= 0.6 is 0 Å². The van der Waals surface area contributed by atoms with Crippen LogP contribution in [-0.4, -0.2) is 17.0 Å². The summed E-state index contributed by atoms with van der Waals surface area (Å²) in [6.45, 7) is 5.71. The number of hydrogen-bond donors (Lipinski definition) is 3. The van der Waals surface area contributed by atoms with Crippen molar-refractivity contribution in [1.82, 2.24) is 10.8 Å². The molecule has 1 unspecified atom stereocenters. The Morgan fingerprint density at radius 2 is 1.32 bits per heavy atom. The summed E-state index contributed by atoms with van der Waals surface area (Å²) in [6.07, 6.45) is -4.47. The molecule has 5 nitrogen and oxygen atoms in total. The van der Waals surface area contributed by atoms with E-state index in [9.17, 15) is 22.8 Å². The molecule has 0 spiro atoms. The molecule has 0 aliphatic heterocycles. The first kappa shape index (κ1) is 21.4. The average molecular weight is 394 g/mol. The summed E-state index contributed by atoms with van der Waals surface area (Å²) < 4.78 is 38.0. The minimum absolute atomic E-state index is 0.110. The molecule has 0 radical (unpaired) electrons. The minimum atomic E-state index is -4.47. The fourth-order valence-electron chi connectivity index (χ4n) is 2.72. The number of hydroxylamine groups is 1. The third-order valence-corrected chi connectivity index (χ3v) is 4.22. The topological polar surface area (TPSA) is 78.4 Å². The summed E-state index contributed by atoms with van der Waals surface area (Å²) in [5.74, 6) is -1.17. The minimum Gasteiger partial charge on any atom is -0.345 e. The highest BCUT2D eigenvalue weighted by Crippen LogP contribution is 2.33. The van der Waals surface area contributed by atoms with E-state index in [2.05, 4.69) is 5.32 Å². The maximum atomic E-state index is 12.7. The number of carbonyl (C=O) groups excluding carboxylic acids is 2. The van der Waals surface area contributed by atoms with E-state index in [1.165, 1.54) is 12.1 Å². The van der Waals surface area contributed by atoms with Crippen molar-refractivity contribution in [3.05, 3.63) is 70.8 Å². The van der Waals surface area contributed by atoms with Crippen LogP contribution in [0.25, 0.3) is 0 Å². The smallest absolute Gasteiger partial charge is 0.345 e. The summed E-state index contributed by atoms with van der Waals surface area (Å²) in [7, 11) is 0. The number of halogens is 3. The molecule has 0 fully saturated rings. The molecule has 8 heteroatoms. The third kappa shape index (κ3) is 5.10. The van der Waals surface area contributed by atoms with Crippen molar-refractivity contribution in [3.8, 4) is 0 Å². The molecule has 0 heterocycles. The van der Waals surface area contributed by atoms with E-state index in [0.717, 1.165) is 24.3 Å². The third-order valence-electron chi connectivity index (χ3n) is 4.22. The van der Waals surface area contributed by atoms with E-state index in [1.807, 2.05) is 20.8 Å². The number of nitrogens with one attached hydrogen (secondary N) is 2. The summed E-state index contributed by atoms with van der Waals surface area (Å²) in [5, 5.41) is 11.5. The molecule has 2 rings (SSSR count). The Bertz CT molecular complexity index is 839. The van der Waals surface area contributed by atoms with Crippen molar-refractivity contribution >= 4 is 11.8 Å². The van der Waals surface area contributed by atoms with Gasteiger partial charge in [-0.05, 0) is 47.4 Å². The lowest BCUT2D eigenvalue weighted by molar-refractivity contribution is -0.137. The van der Waals surface area contributed by atoms with Gasteiger partial charge in [0, 0.05) is 11.1 Å². The highest BCUT2D eigenvalue weighted by atomic mass is 19.4. The Labute approximate surface area is 160 Å². The van der Waals surface area contributed by atoms with E-state index < -0.39 is 35.0 Å². The van der Waals surface area contributed by atoms with Crippen molar-refractivity contribution in [2.24, 2.45) is 5.41 Å². The summed E-state index contributed by atoms with van der Waals surface area (Å²) in [6, 6.07) is 9.83. The molecule has 0 aromatic heterocycles. The summed E-state index contributed by atoms with van der Waals surface area (Å²) in [4.78, 5) is 24.0. The second kappa shape index (κ2) is 8.02. The lowest BCUT2D eigenvalue weighted by Crippen LogP contribution is -2.36. The van der Waals surface area contributed by atoms with Gasteiger partial charge in [0.1, 0.15) is 0 Å². The Hall–Kier alpha value is -2.87. The van der Waals surface area contributed by atoms with Crippen LogP contribution in [0.4, 0.5) is 13.2 Å². The normalized spacial score (nSPS) is 13.0. The van der Waals surface area contributed by atoms with Crippen molar-refractivity contribution in [1.29, 1.82) is 0 Å². The molecule has 28 heavy (non-hydrogen) atoms. The van der Waals surface area contributed by atoms with Gasteiger partial charge in [-0.1, -0.05) is 32.9 Å². The van der Waals surface area contributed by atoms with Crippen LogP contribution < -0.4 is 10.8 Å². The van der Waals surface area contributed by atoms with Gasteiger partial charge in [-0.25, -0.2) is 5.48 Å². The predicted octanol–water partition coefficient (Wildman–Crippen LogP) is 4.34. The maximum Gasteiger partial charge on any atom is 0.416 e. The highest BCUT2D eigenvalue weighted by Gasteiger charge is 2.31. The van der Waals surface area contributed by atoms with Crippen LogP contribution in [0.5, 0.6) is 0 Å². The Morgan fingerprint density at radius 1 is 0.857 bits per heavy atom. The van der Waals surface area contributed by atoms with Crippen molar-refractivity contribution in [2.75, 3.05) is 0 Å². The summed E-state index contributed by atoms with van der Waals surface area (Å²) in [5.41, 5.74) is 1.36. The Morgan fingerprint density at radius 3 is 1.75 bits per heavy atom. The number of benzene rings is 2. The molecule has 0 aliphatic carbocycles. The molecule has 3 N–H and O–H groups in total. The van der Waals surface area contributed by atoms with Crippen molar-refractivity contribution in [2.45, 2.75) is 33.0 Å². The highest BCUT2D eigenvalue weighted by molar-refractivity contribution is 5.95. The largest absolute Gasteiger partial charge is 0.416 e. The molecule has 0 saturated carbocycles. The zero-order valence-corrected chi connectivity index (χ0v) is 15.6. The predicted molar refractivity (Wildman–Crippen MR) is 96.8 cm³/mol. The molecule has 2 aromatic carbocycles. The van der Waals surface area contributed by atoms with Gasteiger partial charge in [-0.15, -0.1) is 0 Å². The lowest BCUT2D eigenvalue weighted by Gasteiger charge is -2.32. The van der Waals surface area contributed by atoms with Crippen LogP contribution in [0.3, 0.4) is 0 Å². The standard InChI is InChI=1S/C20H21F3N2O3/c1-19(2,3)16(12-4-6-14(7-5-12)18(27)25-28)24-17(26)13-8-10-15(11-9-13)20(21,22)23/h4-11,16,28H,1-3H3,(H,24,26)(H,25,27). The molecule has 0 saturated heterocycles. The zero-order valence-electron chi connectivity index (χ0n) is 15.6. The van der Waals surface area contributed by atoms with Crippen LogP contribution in [0, 0.1) is 5.41 Å². The Kier molecular flexibility index (Phi) is 6.14. The van der Waals surface area contributed by atoms with Crippen LogP contribution in [0.1, 0.15) is 58.7 Å². The van der Waals surface area contributed by atoms with Crippen molar-refractivity contribution < 1.29 is 28.0 Å². The number of carbonyl (C=O) groups is 2. The maximum absolute atomic E-state index is 12.7. The molecule has 150 valence electrons. The molecular weight excluding hydrogens is 373 g/mol. The van der Waals surface area contributed by atoms with Crippen LogP contribution in [0.15, 0.2) is 48.5 Å². The Balaban J connectivity index is 2.25. The monoisotopic (exact) mass is 394 g/mol. The van der Waals surface area contributed by atoms with Gasteiger partial charge >= 0.3 is 6.18 Å². The molecule has 0 aliphatic rings. The van der Waals surface area contributed by atoms with Gasteiger partial charge in [0.25, 0.3) is 11.8 Å². The molecule has 0 bridgehead atoms. The van der Waals surface area contributed by atoms with Gasteiger partial charge in [0.15, 0.2) is 0 Å². The summed E-state index contributed by atoms with van der Waals surface area (Å²) >= 11 is 0. The van der Waals surface area contributed by atoms with Gasteiger partial charge in [0.05, 0.1) is 11.6 Å². The fraction of sp³-hybridized carbons (Fsp3) is 0.300. The molecule has 2 aromatic rings. The quantitative estimate of drug-likeness (QED) is 0.533. The van der Waals surface area contributed by atoms with E-state index >= 15 is 0 Å². The fourth-order valence-corrected chi connectivity index (χ4v) is 2.72. The second-order valence-electron chi connectivity index (χ2n) is 7.41. The number of hydrogen-bond acceptors (Lipinski definition) is 3. The number of amides is 2. The lowest BCUT2D eigenvalue weighted by atomic mass is 9.82. The SMILES string of the molecule is CC(C)(C)C(NC(=O)c1ccc(C(F)(F)F)cc1)c1ccc(C(=O)NO)cc1. The van der Waals surface area contributed by atoms with Gasteiger partial charge in [-0.2, -0.15) is 13.2 Å². The van der Waals surface area contributed by atoms with Crippen molar-refractivity contribution in [3.63, 3.8) is 0 Å². The first-order chi connectivity index (χ1) is 12.9. The van der Waals surface area contributed by atoms with Crippen LogP contribution in [0.2, 0.25) is 0 Å². The van der Waals surface area contributed by atoms with E-state index in [1.54, 1.807) is 17.6 Å². The zero-order chi connectivity index (χ0) is 21.1. The van der Waals surface area contributed by atoms with Crippen LogP contribution in [-0.2, 0) is 6.18 Å². The molecular formula is C20H21F3N2O3. The molecule has 2 amide bonds. The van der Waals surface area contributed by atoms with E-state index in [4.69, 9.17) is 5.21 Å². The first-order valence-corrected chi connectivity index (χ1v) is 8.46. The van der Waals surface area contributed by atoms with E-state index in [-0.39, 0.29) is 11.1 Å². The van der Waals surface area contributed by atoms with Gasteiger partial charge in [-0.3, -0.25) is 14.8 Å². The first-order valence-electron chi connectivity index (χ1n) is 8.46. The second-order valence-corrected chi connectivity index (χ2v) is 7.41. The number of alkyl halides is 3. The molecule has 1 atom stereocenters.